The summed E-state index contributed by atoms with van der Waals surface area (Å²) in [5, 5.41) is 3.60. The van der Waals surface area contributed by atoms with Crippen molar-refractivity contribution in [2.24, 2.45) is 0 Å². The Morgan fingerprint density at radius 2 is 2.00 bits per heavy atom. The summed E-state index contributed by atoms with van der Waals surface area (Å²) < 4.78 is 5.62. The van der Waals surface area contributed by atoms with Crippen LogP contribution in [-0.4, -0.2) is 19.3 Å². The number of hydrogen-bond acceptors (Lipinski definition) is 2. The molecule has 2 rings (SSSR count). The van der Waals surface area contributed by atoms with Crippen LogP contribution in [0.3, 0.4) is 0 Å². The largest absolute Gasteiger partial charge is 0.378 e. The maximum Gasteiger partial charge on any atom is 0.0662 e. The molecule has 1 aliphatic heterocycles. The van der Waals surface area contributed by atoms with Gasteiger partial charge >= 0.3 is 0 Å². The topological polar surface area (TPSA) is 21.3 Å². The highest BCUT2D eigenvalue weighted by molar-refractivity contribution is 5.32. The van der Waals surface area contributed by atoms with Gasteiger partial charge in [0.1, 0.15) is 0 Å². The maximum absolute atomic E-state index is 5.62. The maximum atomic E-state index is 5.62. The molecule has 0 aliphatic carbocycles. The van der Waals surface area contributed by atoms with Crippen LogP contribution in [0, 0.1) is 0 Å². The average molecular weight is 219 g/mol. The molecule has 0 aromatic heterocycles. The zero-order chi connectivity index (χ0) is 11.5. The second kappa shape index (κ2) is 4.98. The Kier molecular flexibility index (Phi) is 3.62. The third-order valence-electron chi connectivity index (χ3n) is 3.13. The highest BCUT2D eigenvalue weighted by Crippen LogP contribution is 2.26. The van der Waals surface area contributed by atoms with Crippen molar-refractivity contribution in [3.05, 3.63) is 35.4 Å². The Morgan fingerprint density at radius 1 is 1.25 bits per heavy atom. The SMILES string of the molecule is CC1COCC(c2ccccc2C(C)C)N1. The Morgan fingerprint density at radius 3 is 2.69 bits per heavy atom. The van der Waals surface area contributed by atoms with Crippen LogP contribution in [0.2, 0.25) is 0 Å². The predicted molar refractivity (Wildman–Crippen MR) is 66.7 cm³/mol. The molecule has 2 unspecified atom stereocenters. The average Bonchev–Trinajstić information content (AvgIpc) is 2.29. The molecular formula is C14H21NO. The van der Waals surface area contributed by atoms with Crippen molar-refractivity contribution in [3.8, 4) is 0 Å². The van der Waals surface area contributed by atoms with Crippen molar-refractivity contribution in [2.45, 2.75) is 38.8 Å². The lowest BCUT2D eigenvalue weighted by molar-refractivity contribution is 0.0501. The van der Waals surface area contributed by atoms with E-state index in [4.69, 9.17) is 4.74 Å². The molecule has 1 heterocycles. The lowest BCUT2D eigenvalue weighted by Crippen LogP contribution is -2.42. The molecule has 1 aromatic carbocycles. The van der Waals surface area contributed by atoms with E-state index in [0.717, 1.165) is 13.2 Å². The summed E-state index contributed by atoms with van der Waals surface area (Å²) in [7, 11) is 0. The van der Waals surface area contributed by atoms with E-state index >= 15 is 0 Å². The summed E-state index contributed by atoms with van der Waals surface area (Å²) in [6, 6.07) is 9.46. The summed E-state index contributed by atoms with van der Waals surface area (Å²) >= 11 is 0. The second-order valence-electron chi connectivity index (χ2n) is 4.94. The zero-order valence-corrected chi connectivity index (χ0v) is 10.4. The fraction of sp³-hybridized carbons (Fsp3) is 0.571. The van der Waals surface area contributed by atoms with Gasteiger partial charge in [-0.05, 0) is 24.0 Å². The van der Waals surface area contributed by atoms with Crippen LogP contribution in [0.5, 0.6) is 0 Å². The Hall–Kier alpha value is -0.860. The van der Waals surface area contributed by atoms with Crippen molar-refractivity contribution >= 4 is 0 Å². The van der Waals surface area contributed by atoms with E-state index < -0.39 is 0 Å². The van der Waals surface area contributed by atoms with Crippen LogP contribution in [0.25, 0.3) is 0 Å². The van der Waals surface area contributed by atoms with Gasteiger partial charge in [-0.25, -0.2) is 0 Å². The molecule has 1 aliphatic rings. The molecule has 0 bridgehead atoms. The van der Waals surface area contributed by atoms with Crippen LogP contribution < -0.4 is 5.32 Å². The molecule has 0 saturated carbocycles. The van der Waals surface area contributed by atoms with Gasteiger partial charge in [0, 0.05) is 6.04 Å². The van der Waals surface area contributed by atoms with Crippen molar-refractivity contribution in [2.75, 3.05) is 13.2 Å². The molecule has 88 valence electrons. The van der Waals surface area contributed by atoms with Crippen molar-refractivity contribution in [1.82, 2.24) is 5.32 Å². The van der Waals surface area contributed by atoms with Gasteiger partial charge in [0.15, 0.2) is 0 Å². The molecule has 1 aromatic rings. The van der Waals surface area contributed by atoms with Gasteiger partial charge in [-0.1, -0.05) is 38.1 Å². The number of hydrogen-bond donors (Lipinski definition) is 1. The van der Waals surface area contributed by atoms with E-state index in [1.54, 1.807) is 0 Å². The van der Waals surface area contributed by atoms with E-state index in [0.29, 0.717) is 18.0 Å². The molecular weight excluding hydrogens is 198 g/mol. The van der Waals surface area contributed by atoms with Crippen molar-refractivity contribution in [3.63, 3.8) is 0 Å². The minimum absolute atomic E-state index is 0.349. The molecule has 1 saturated heterocycles. The normalized spacial score (nSPS) is 26.0. The van der Waals surface area contributed by atoms with Crippen LogP contribution in [-0.2, 0) is 4.74 Å². The standard InChI is InChI=1S/C14H21NO/c1-10(2)12-6-4-5-7-13(12)14-9-16-8-11(3)15-14/h4-7,10-11,14-15H,8-9H2,1-3H3. The molecule has 0 radical (unpaired) electrons. The summed E-state index contributed by atoms with van der Waals surface area (Å²) in [5.41, 5.74) is 2.82. The van der Waals surface area contributed by atoms with Gasteiger partial charge in [-0.15, -0.1) is 0 Å². The van der Waals surface area contributed by atoms with Crippen LogP contribution >= 0.6 is 0 Å². The molecule has 0 amide bonds. The zero-order valence-electron chi connectivity index (χ0n) is 10.4. The fourth-order valence-electron chi connectivity index (χ4n) is 2.34. The fourth-order valence-corrected chi connectivity index (χ4v) is 2.34. The number of morpholine rings is 1. The van der Waals surface area contributed by atoms with Gasteiger partial charge in [0.25, 0.3) is 0 Å². The van der Waals surface area contributed by atoms with Gasteiger partial charge in [-0.2, -0.15) is 0 Å². The number of ether oxygens (including phenoxy) is 1. The number of benzene rings is 1. The van der Waals surface area contributed by atoms with E-state index in [-0.39, 0.29) is 0 Å². The Labute approximate surface area is 98.0 Å². The summed E-state index contributed by atoms with van der Waals surface area (Å²) in [5.74, 6) is 0.565. The molecule has 1 fully saturated rings. The third kappa shape index (κ3) is 2.45. The molecule has 1 N–H and O–H groups in total. The van der Waals surface area contributed by atoms with Gasteiger partial charge in [0.2, 0.25) is 0 Å². The van der Waals surface area contributed by atoms with Gasteiger partial charge < -0.3 is 10.1 Å². The summed E-state index contributed by atoms with van der Waals surface area (Å²) in [4.78, 5) is 0. The van der Waals surface area contributed by atoms with Crippen LogP contribution in [0.1, 0.15) is 43.9 Å². The number of rotatable bonds is 2. The highest BCUT2D eigenvalue weighted by Gasteiger charge is 2.22. The van der Waals surface area contributed by atoms with E-state index in [9.17, 15) is 0 Å². The third-order valence-corrected chi connectivity index (χ3v) is 3.13. The van der Waals surface area contributed by atoms with E-state index in [2.05, 4.69) is 50.4 Å². The minimum atomic E-state index is 0.349. The first-order valence-electron chi connectivity index (χ1n) is 6.11. The molecule has 2 atom stereocenters. The minimum Gasteiger partial charge on any atom is -0.378 e. The van der Waals surface area contributed by atoms with Gasteiger partial charge in [0.05, 0.1) is 19.3 Å². The first-order valence-corrected chi connectivity index (χ1v) is 6.11. The van der Waals surface area contributed by atoms with Crippen LogP contribution in [0.15, 0.2) is 24.3 Å². The number of nitrogens with one attached hydrogen (secondary N) is 1. The van der Waals surface area contributed by atoms with Crippen molar-refractivity contribution in [1.29, 1.82) is 0 Å². The quantitative estimate of drug-likeness (QED) is 0.826. The second-order valence-corrected chi connectivity index (χ2v) is 4.94. The Balaban J connectivity index is 2.25. The van der Waals surface area contributed by atoms with E-state index in [1.165, 1.54) is 11.1 Å². The van der Waals surface area contributed by atoms with Crippen molar-refractivity contribution < 1.29 is 4.74 Å². The smallest absolute Gasteiger partial charge is 0.0662 e. The lowest BCUT2D eigenvalue weighted by Gasteiger charge is -2.31. The van der Waals surface area contributed by atoms with Crippen LogP contribution in [0.4, 0.5) is 0 Å². The highest BCUT2D eigenvalue weighted by atomic mass is 16.5. The Bertz CT molecular complexity index is 348. The molecule has 0 spiro atoms. The van der Waals surface area contributed by atoms with E-state index in [1.807, 2.05) is 0 Å². The summed E-state index contributed by atoms with van der Waals surface area (Å²) in [6.45, 7) is 8.26. The predicted octanol–water partition coefficient (Wildman–Crippen LogP) is 2.86. The first kappa shape index (κ1) is 11.6. The lowest BCUT2D eigenvalue weighted by atomic mass is 9.92. The first-order chi connectivity index (χ1) is 7.68. The molecule has 2 heteroatoms. The van der Waals surface area contributed by atoms with Gasteiger partial charge in [-0.3, -0.25) is 0 Å². The monoisotopic (exact) mass is 219 g/mol. The summed E-state index contributed by atoms with van der Waals surface area (Å²) in [6.07, 6.45) is 0. The molecule has 16 heavy (non-hydrogen) atoms. The molecule has 2 nitrogen and oxygen atoms in total.